The average Bonchev–Trinajstić information content (AvgIpc) is 3.11. The number of amides is 1. The van der Waals surface area contributed by atoms with Crippen LogP contribution in [-0.4, -0.2) is 46.8 Å². The molecule has 124 valence electrons. The molecule has 0 unspecified atom stereocenters. The van der Waals surface area contributed by atoms with Gasteiger partial charge in [0.25, 0.3) is 5.91 Å². The summed E-state index contributed by atoms with van der Waals surface area (Å²) in [6.45, 7) is 3.41. The second-order valence-corrected chi connectivity index (χ2v) is 6.51. The highest BCUT2D eigenvalue weighted by atomic mass is 79.9. The fourth-order valence-corrected chi connectivity index (χ4v) is 3.28. The molecule has 3 rings (SSSR count). The van der Waals surface area contributed by atoms with Crippen LogP contribution in [0, 0.1) is 0 Å². The molecule has 0 saturated carbocycles. The Morgan fingerprint density at radius 1 is 1.61 bits per heavy atom. The van der Waals surface area contributed by atoms with Gasteiger partial charge in [-0.1, -0.05) is 0 Å². The van der Waals surface area contributed by atoms with E-state index in [1.54, 1.807) is 22.9 Å². The Labute approximate surface area is 143 Å². The molecular formula is C15H20BrN5O2. The van der Waals surface area contributed by atoms with Gasteiger partial charge >= 0.3 is 0 Å². The van der Waals surface area contributed by atoms with E-state index >= 15 is 0 Å². The molecule has 3 N–H and O–H groups in total. The van der Waals surface area contributed by atoms with Gasteiger partial charge < -0.3 is 20.7 Å². The van der Waals surface area contributed by atoms with Gasteiger partial charge in [0.2, 0.25) is 0 Å². The fraction of sp³-hybridized carbons (Fsp3) is 0.467. The first-order valence-corrected chi connectivity index (χ1v) is 8.22. The molecule has 23 heavy (non-hydrogen) atoms. The highest BCUT2D eigenvalue weighted by molar-refractivity contribution is 9.08. The lowest BCUT2D eigenvalue weighted by Crippen LogP contribution is -2.27. The molecule has 0 aromatic carbocycles. The summed E-state index contributed by atoms with van der Waals surface area (Å²) in [7, 11) is 1.51. The molecule has 2 atom stereocenters. The Bertz CT molecular complexity index is 732. The number of halogens is 1. The van der Waals surface area contributed by atoms with E-state index in [0.717, 1.165) is 36.2 Å². The smallest absolute Gasteiger partial charge is 0.253 e. The normalized spacial score (nSPS) is 19.3. The summed E-state index contributed by atoms with van der Waals surface area (Å²) in [4.78, 5) is 18.8. The molecule has 0 spiro atoms. The maximum absolute atomic E-state index is 12.2. The number of aromatic nitrogens is 2. The fourth-order valence-electron chi connectivity index (χ4n) is 2.81. The van der Waals surface area contributed by atoms with Crippen molar-refractivity contribution in [3.05, 3.63) is 18.5 Å². The molecule has 1 aliphatic heterocycles. The summed E-state index contributed by atoms with van der Waals surface area (Å²) in [6, 6.07) is 2.14. The lowest BCUT2D eigenvalue weighted by molar-refractivity contribution is -0.124. The number of carbonyl (C=O) groups excluding carboxylic acids is 1. The number of hydrogen-bond donors (Lipinski definition) is 2. The van der Waals surface area contributed by atoms with Crippen LogP contribution < -0.4 is 16.0 Å². The van der Waals surface area contributed by atoms with E-state index < -0.39 is 6.10 Å². The molecule has 1 saturated heterocycles. The van der Waals surface area contributed by atoms with Gasteiger partial charge in [0.1, 0.15) is 6.10 Å². The van der Waals surface area contributed by atoms with Gasteiger partial charge in [-0.2, -0.15) is 0 Å². The van der Waals surface area contributed by atoms with Crippen molar-refractivity contribution < 1.29 is 9.53 Å². The number of rotatable bonds is 4. The van der Waals surface area contributed by atoms with Crippen LogP contribution in [-0.2, 0) is 9.53 Å². The molecule has 0 aliphatic carbocycles. The van der Waals surface area contributed by atoms with Crippen LogP contribution in [0.25, 0.3) is 11.0 Å². The monoisotopic (exact) mass is 381 g/mol. The summed E-state index contributed by atoms with van der Waals surface area (Å²) in [6.07, 6.45) is 4.01. The van der Waals surface area contributed by atoms with Crippen molar-refractivity contribution in [2.24, 2.45) is 5.73 Å². The quantitative estimate of drug-likeness (QED) is 0.841. The van der Waals surface area contributed by atoms with Gasteiger partial charge in [0.05, 0.1) is 32.9 Å². The molecule has 8 heteroatoms. The molecule has 0 bridgehead atoms. The van der Waals surface area contributed by atoms with Crippen LogP contribution in [0.15, 0.2) is 18.5 Å². The SMILES string of the molecule is CO[C@@H](C)C(=O)Nc1cn(Br)c2nccc(N3CC[C@@H](N)C3)c12. The van der Waals surface area contributed by atoms with E-state index in [1.165, 1.54) is 7.11 Å². The number of nitrogens with one attached hydrogen (secondary N) is 1. The first-order chi connectivity index (χ1) is 11.0. The molecule has 0 radical (unpaired) electrons. The zero-order valence-electron chi connectivity index (χ0n) is 13.1. The number of pyridine rings is 1. The number of nitrogens with two attached hydrogens (primary N) is 1. The lowest BCUT2D eigenvalue weighted by Gasteiger charge is -2.20. The Kier molecular flexibility index (Phi) is 4.56. The van der Waals surface area contributed by atoms with Gasteiger partial charge in [-0.05, 0) is 19.4 Å². The average molecular weight is 382 g/mol. The van der Waals surface area contributed by atoms with E-state index in [2.05, 4.69) is 31.3 Å². The third-order valence-corrected chi connectivity index (χ3v) is 4.71. The largest absolute Gasteiger partial charge is 0.372 e. The minimum absolute atomic E-state index is 0.177. The second-order valence-electron chi connectivity index (χ2n) is 5.74. The van der Waals surface area contributed by atoms with Gasteiger partial charge in [0.15, 0.2) is 5.65 Å². The van der Waals surface area contributed by atoms with E-state index in [9.17, 15) is 4.79 Å². The Morgan fingerprint density at radius 2 is 2.39 bits per heavy atom. The van der Waals surface area contributed by atoms with Crippen LogP contribution in [0.4, 0.5) is 11.4 Å². The van der Waals surface area contributed by atoms with Gasteiger partial charge in [0, 0.05) is 38.6 Å². The van der Waals surface area contributed by atoms with Crippen molar-refractivity contribution in [1.82, 2.24) is 8.58 Å². The van der Waals surface area contributed by atoms with Crippen molar-refractivity contribution in [3.8, 4) is 0 Å². The van der Waals surface area contributed by atoms with E-state index in [4.69, 9.17) is 10.5 Å². The molecule has 1 fully saturated rings. The Morgan fingerprint density at radius 3 is 3.04 bits per heavy atom. The number of carbonyl (C=O) groups is 1. The third-order valence-electron chi connectivity index (χ3n) is 4.17. The summed E-state index contributed by atoms with van der Waals surface area (Å²) in [5.41, 5.74) is 8.52. The minimum Gasteiger partial charge on any atom is -0.372 e. The molecular weight excluding hydrogens is 362 g/mol. The standard InChI is InChI=1S/C15H20BrN5O2/c1-9(23-2)15(22)19-11-8-21(16)14-13(11)12(3-5-18-14)20-6-4-10(17)7-20/h3,5,8-10H,4,6-7,17H2,1-2H3,(H,19,22)/t9-,10+/m0/s1. The van der Waals surface area contributed by atoms with Crippen LogP contribution >= 0.6 is 16.1 Å². The number of ether oxygens (including phenoxy) is 1. The van der Waals surface area contributed by atoms with Crippen molar-refractivity contribution in [1.29, 1.82) is 0 Å². The molecule has 2 aromatic rings. The predicted octanol–water partition coefficient (Wildman–Crippen LogP) is 1.71. The van der Waals surface area contributed by atoms with Gasteiger partial charge in [-0.25, -0.2) is 4.98 Å². The van der Waals surface area contributed by atoms with Gasteiger partial charge in [-0.15, -0.1) is 0 Å². The van der Waals surface area contributed by atoms with Crippen LogP contribution in [0.5, 0.6) is 0 Å². The first-order valence-electron chi connectivity index (χ1n) is 7.51. The molecule has 7 nitrogen and oxygen atoms in total. The number of anilines is 2. The van der Waals surface area contributed by atoms with Crippen molar-refractivity contribution in [2.75, 3.05) is 30.4 Å². The highest BCUT2D eigenvalue weighted by Gasteiger charge is 2.24. The summed E-state index contributed by atoms with van der Waals surface area (Å²) < 4.78 is 6.81. The maximum atomic E-state index is 12.2. The Balaban J connectivity index is 2.03. The van der Waals surface area contributed by atoms with Crippen molar-refractivity contribution in [3.63, 3.8) is 0 Å². The van der Waals surface area contributed by atoms with E-state index in [0.29, 0.717) is 5.69 Å². The summed E-state index contributed by atoms with van der Waals surface area (Å²) in [5, 5.41) is 3.82. The number of hydrogen-bond acceptors (Lipinski definition) is 5. The first kappa shape index (κ1) is 16.2. The lowest BCUT2D eigenvalue weighted by atomic mass is 10.2. The summed E-state index contributed by atoms with van der Waals surface area (Å²) in [5.74, 6) is -0.194. The number of methoxy groups -OCH3 is 1. The van der Waals surface area contributed by atoms with Crippen molar-refractivity contribution >= 4 is 44.5 Å². The molecule has 3 heterocycles. The van der Waals surface area contributed by atoms with Gasteiger partial charge in [-0.3, -0.25) is 8.39 Å². The topological polar surface area (TPSA) is 85.4 Å². The summed E-state index contributed by atoms with van der Waals surface area (Å²) >= 11 is 3.44. The van der Waals surface area contributed by atoms with E-state index in [-0.39, 0.29) is 11.9 Å². The predicted molar refractivity (Wildman–Crippen MR) is 94.0 cm³/mol. The van der Waals surface area contributed by atoms with E-state index in [1.807, 2.05) is 6.07 Å². The highest BCUT2D eigenvalue weighted by Crippen LogP contribution is 2.35. The Hall–Kier alpha value is -1.64. The third kappa shape index (κ3) is 3.06. The second kappa shape index (κ2) is 6.46. The zero-order valence-corrected chi connectivity index (χ0v) is 14.7. The van der Waals surface area contributed by atoms with Crippen LogP contribution in [0.1, 0.15) is 13.3 Å². The zero-order chi connectivity index (χ0) is 16.6. The molecule has 1 amide bonds. The minimum atomic E-state index is -0.524. The van der Waals surface area contributed by atoms with Crippen LogP contribution in [0.3, 0.4) is 0 Å². The van der Waals surface area contributed by atoms with Crippen LogP contribution in [0.2, 0.25) is 0 Å². The molecule has 2 aromatic heterocycles. The molecule has 1 aliphatic rings. The maximum Gasteiger partial charge on any atom is 0.253 e. The number of nitrogens with zero attached hydrogens (tertiary/aromatic N) is 3. The van der Waals surface area contributed by atoms with Crippen molar-refractivity contribution in [2.45, 2.75) is 25.5 Å². The number of fused-ring (bicyclic) bond motifs is 1.